The normalized spacial score (nSPS) is 18.1. The second kappa shape index (κ2) is 9.14. The number of rotatable bonds is 5. The molecule has 32 heavy (non-hydrogen) atoms. The summed E-state index contributed by atoms with van der Waals surface area (Å²) in [6.07, 6.45) is 15.0. The van der Waals surface area contributed by atoms with Crippen molar-refractivity contribution in [1.29, 1.82) is 5.26 Å². The van der Waals surface area contributed by atoms with Crippen LogP contribution >= 0.6 is 0 Å². The lowest BCUT2D eigenvalue weighted by Gasteiger charge is -2.33. The van der Waals surface area contributed by atoms with E-state index >= 15 is 0 Å². The number of imidazole rings is 1. The van der Waals surface area contributed by atoms with Gasteiger partial charge < -0.3 is 5.32 Å². The molecule has 1 atom stereocenters. The molecular weight excluding hydrogens is 392 g/mol. The van der Waals surface area contributed by atoms with E-state index in [9.17, 15) is 0 Å². The van der Waals surface area contributed by atoms with Gasteiger partial charge in [-0.3, -0.25) is 4.40 Å². The predicted octanol–water partition coefficient (Wildman–Crippen LogP) is 6.00. The molecule has 162 valence electrons. The van der Waals surface area contributed by atoms with Gasteiger partial charge in [-0.2, -0.15) is 5.26 Å². The van der Waals surface area contributed by atoms with Crippen LogP contribution in [0.5, 0.6) is 0 Å². The van der Waals surface area contributed by atoms with Gasteiger partial charge in [-0.1, -0.05) is 36.8 Å². The van der Waals surface area contributed by atoms with Gasteiger partial charge in [0, 0.05) is 11.8 Å². The summed E-state index contributed by atoms with van der Waals surface area (Å²) in [6, 6.07) is 14.2. The molecule has 1 unspecified atom stereocenters. The number of allylic oxidation sites excluding steroid dienone is 4. The van der Waals surface area contributed by atoms with Gasteiger partial charge in [0.1, 0.15) is 5.65 Å². The van der Waals surface area contributed by atoms with E-state index in [1.54, 1.807) is 5.57 Å². The topological polar surface area (TPSA) is 53.1 Å². The van der Waals surface area contributed by atoms with Crippen molar-refractivity contribution in [3.8, 4) is 17.3 Å². The van der Waals surface area contributed by atoms with Gasteiger partial charge in [0.15, 0.2) is 0 Å². The van der Waals surface area contributed by atoms with Crippen molar-refractivity contribution in [3.63, 3.8) is 0 Å². The molecule has 4 heteroatoms. The van der Waals surface area contributed by atoms with E-state index < -0.39 is 0 Å². The smallest absolute Gasteiger partial charge is 0.137 e. The van der Waals surface area contributed by atoms with Crippen LogP contribution in [-0.4, -0.2) is 22.5 Å². The summed E-state index contributed by atoms with van der Waals surface area (Å²) in [6.45, 7) is 4.69. The molecule has 1 saturated heterocycles. The van der Waals surface area contributed by atoms with Crippen molar-refractivity contribution in [2.75, 3.05) is 13.1 Å². The minimum Gasteiger partial charge on any atom is -0.317 e. The molecule has 0 radical (unpaired) electrons. The lowest BCUT2D eigenvalue weighted by molar-refractivity contribution is 0.278. The minimum absolute atomic E-state index is 0.674. The number of aromatic nitrogens is 2. The highest BCUT2D eigenvalue weighted by Gasteiger charge is 2.26. The summed E-state index contributed by atoms with van der Waals surface area (Å²) in [5.41, 5.74) is 8.04. The molecule has 5 rings (SSSR count). The molecule has 0 spiro atoms. The lowest BCUT2D eigenvalue weighted by atomic mass is 9.75. The summed E-state index contributed by atoms with van der Waals surface area (Å²) in [4.78, 5) is 4.58. The van der Waals surface area contributed by atoms with Crippen LogP contribution in [0.3, 0.4) is 0 Å². The van der Waals surface area contributed by atoms with Gasteiger partial charge in [-0.05, 0) is 92.4 Å². The third-order valence-electron chi connectivity index (χ3n) is 7.24. The quantitative estimate of drug-likeness (QED) is 0.548. The number of hydrogen-bond acceptors (Lipinski definition) is 3. The van der Waals surface area contributed by atoms with E-state index in [1.165, 1.54) is 49.9 Å². The Balaban J connectivity index is 1.43. The zero-order valence-corrected chi connectivity index (χ0v) is 18.7. The van der Waals surface area contributed by atoms with Gasteiger partial charge >= 0.3 is 0 Å². The van der Waals surface area contributed by atoms with Crippen molar-refractivity contribution in [2.24, 2.45) is 11.8 Å². The first-order chi connectivity index (χ1) is 15.8. The second-order valence-corrected chi connectivity index (χ2v) is 9.01. The van der Waals surface area contributed by atoms with Crippen LogP contribution < -0.4 is 5.32 Å². The molecule has 3 aromatic rings. The molecule has 1 fully saturated rings. The SMILES string of the molecule is CCC(C1=CC=C(c2ccc3ncc(-c4ccc(C#N)cc4)n3c2)CC1)C1CCNCC1. The Morgan fingerprint density at radius 3 is 2.53 bits per heavy atom. The Labute approximate surface area is 190 Å². The Bertz CT molecular complexity index is 1200. The van der Waals surface area contributed by atoms with Crippen molar-refractivity contribution < 1.29 is 0 Å². The first-order valence-electron chi connectivity index (χ1n) is 11.8. The van der Waals surface area contributed by atoms with E-state index in [-0.39, 0.29) is 0 Å². The number of pyridine rings is 1. The molecule has 2 aliphatic rings. The fourth-order valence-corrected chi connectivity index (χ4v) is 5.45. The number of benzene rings is 1. The summed E-state index contributed by atoms with van der Waals surface area (Å²) in [5, 5.41) is 12.6. The summed E-state index contributed by atoms with van der Waals surface area (Å²) in [7, 11) is 0. The molecule has 0 amide bonds. The molecule has 0 saturated carbocycles. The van der Waals surface area contributed by atoms with Crippen LogP contribution in [0.2, 0.25) is 0 Å². The van der Waals surface area contributed by atoms with Gasteiger partial charge in [-0.15, -0.1) is 0 Å². The lowest BCUT2D eigenvalue weighted by Crippen LogP contribution is -2.32. The maximum Gasteiger partial charge on any atom is 0.137 e. The third kappa shape index (κ3) is 4.01. The predicted molar refractivity (Wildman–Crippen MR) is 130 cm³/mol. The van der Waals surface area contributed by atoms with Crippen LogP contribution in [0.25, 0.3) is 22.5 Å². The fraction of sp³-hybridized carbons (Fsp3) is 0.357. The van der Waals surface area contributed by atoms with Gasteiger partial charge in [0.2, 0.25) is 0 Å². The number of hydrogen-bond donors (Lipinski definition) is 1. The highest BCUT2D eigenvalue weighted by molar-refractivity contribution is 5.71. The first-order valence-corrected chi connectivity index (χ1v) is 11.8. The van der Waals surface area contributed by atoms with Crippen LogP contribution in [0.4, 0.5) is 0 Å². The Hall–Kier alpha value is -3.16. The highest BCUT2D eigenvalue weighted by atomic mass is 15.0. The van der Waals surface area contributed by atoms with E-state index in [2.05, 4.69) is 58.2 Å². The highest BCUT2D eigenvalue weighted by Crippen LogP contribution is 2.37. The Kier molecular flexibility index (Phi) is 5.92. The molecule has 1 N–H and O–H groups in total. The molecule has 1 aromatic carbocycles. The number of nitriles is 1. The number of fused-ring (bicyclic) bond motifs is 1. The first kappa shape index (κ1) is 20.7. The zero-order chi connectivity index (χ0) is 21.9. The van der Waals surface area contributed by atoms with E-state index in [0.29, 0.717) is 5.56 Å². The number of piperidine rings is 1. The molecule has 2 aromatic heterocycles. The maximum absolute atomic E-state index is 9.07. The van der Waals surface area contributed by atoms with Crippen molar-refractivity contribution in [2.45, 2.75) is 39.0 Å². The van der Waals surface area contributed by atoms with Crippen LogP contribution in [0, 0.1) is 23.2 Å². The van der Waals surface area contributed by atoms with E-state index in [0.717, 1.165) is 35.2 Å². The number of nitrogens with zero attached hydrogens (tertiary/aromatic N) is 3. The van der Waals surface area contributed by atoms with E-state index in [1.807, 2.05) is 30.5 Å². The number of nitrogens with one attached hydrogen (secondary N) is 1. The van der Waals surface area contributed by atoms with Crippen LogP contribution in [-0.2, 0) is 0 Å². The average Bonchev–Trinajstić information content (AvgIpc) is 3.29. The average molecular weight is 423 g/mol. The summed E-state index contributed by atoms with van der Waals surface area (Å²) in [5.74, 6) is 1.56. The molecule has 0 bridgehead atoms. The standard InChI is InChI=1S/C28H30N4/c1-2-26(23-13-15-30-16-14-23)22-9-7-21(8-10-22)25-11-12-28-31-18-27(32(28)19-25)24-5-3-20(17-29)4-6-24/h3-7,9,11-12,18-19,23,26,30H,2,8,10,13-16H2,1H3. The van der Waals surface area contributed by atoms with E-state index in [4.69, 9.17) is 5.26 Å². The van der Waals surface area contributed by atoms with Crippen LogP contribution in [0.15, 0.2) is 66.5 Å². The summed E-state index contributed by atoms with van der Waals surface area (Å²) < 4.78 is 2.17. The molecule has 4 nitrogen and oxygen atoms in total. The summed E-state index contributed by atoms with van der Waals surface area (Å²) >= 11 is 0. The van der Waals surface area contributed by atoms with Crippen LogP contribution in [0.1, 0.15) is 50.2 Å². The van der Waals surface area contributed by atoms with Gasteiger partial charge in [0.25, 0.3) is 0 Å². The maximum atomic E-state index is 9.07. The molecule has 1 aliphatic carbocycles. The molecular formula is C28H30N4. The molecule has 3 heterocycles. The Morgan fingerprint density at radius 2 is 1.84 bits per heavy atom. The second-order valence-electron chi connectivity index (χ2n) is 9.01. The van der Waals surface area contributed by atoms with Gasteiger partial charge in [0.05, 0.1) is 23.5 Å². The fourth-order valence-electron chi connectivity index (χ4n) is 5.45. The largest absolute Gasteiger partial charge is 0.317 e. The third-order valence-corrected chi connectivity index (χ3v) is 7.24. The monoisotopic (exact) mass is 422 g/mol. The van der Waals surface area contributed by atoms with Crippen molar-refractivity contribution in [3.05, 3.63) is 77.6 Å². The zero-order valence-electron chi connectivity index (χ0n) is 18.7. The Morgan fingerprint density at radius 1 is 1.06 bits per heavy atom. The minimum atomic E-state index is 0.674. The van der Waals surface area contributed by atoms with Crippen molar-refractivity contribution >= 4 is 11.2 Å². The van der Waals surface area contributed by atoms with Gasteiger partial charge in [-0.25, -0.2) is 4.98 Å². The molecule has 1 aliphatic heterocycles. The van der Waals surface area contributed by atoms with Crippen molar-refractivity contribution in [1.82, 2.24) is 14.7 Å².